The lowest BCUT2D eigenvalue weighted by Crippen LogP contribution is -2.31. The van der Waals surface area contributed by atoms with Gasteiger partial charge in [-0.2, -0.15) is 0 Å². The van der Waals surface area contributed by atoms with Crippen LogP contribution in [0, 0.1) is 0 Å². The first kappa shape index (κ1) is 11.6. The van der Waals surface area contributed by atoms with Gasteiger partial charge in [0.25, 0.3) is 0 Å². The smallest absolute Gasteiger partial charge is 0.304 e. The number of rotatable bonds is 7. The Labute approximate surface area is 76.8 Å². The van der Waals surface area contributed by atoms with Crippen molar-refractivity contribution >= 4 is 11.9 Å². The highest BCUT2D eigenvalue weighted by molar-refractivity contribution is 5.86. The number of carbonyl (C=O) groups is 2. The van der Waals surface area contributed by atoms with E-state index in [-0.39, 0.29) is 12.3 Å². The van der Waals surface area contributed by atoms with Gasteiger partial charge >= 0.3 is 5.97 Å². The summed E-state index contributed by atoms with van der Waals surface area (Å²) in [5.74, 6) is -1.05. The van der Waals surface area contributed by atoms with Gasteiger partial charge in [0.15, 0.2) is 0 Å². The van der Waals surface area contributed by atoms with Gasteiger partial charge in [0.1, 0.15) is 0 Å². The van der Waals surface area contributed by atoms with Crippen molar-refractivity contribution in [3.05, 3.63) is 12.7 Å². The quantitative estimate of drug-likeness (QED) is 0.365. The van der Waals surface area contributed by atoms with Crippen molar-refractivity contribution in [2.24, 2.45) is 0 Å². The lowest BCUT2D eigenvalue weighted by molar-refractivity contribution is -0.136. The molecule has 0 unspecified atom stereocenters. The number of carboxylic acid groups (broad SMARTS) is 1. The molecular weight excluding hydrogens is 172 g/mol. The predicted octanol–water partition coefficient (Wildman–Crippen LogP) is -0.647. The Balaban J connectivity index is 3.12. The summed E-state index contributed by atoms with van der Waals surface area (Å²) in [4.78, 5) is 20.7. The molecule has 13 heavy (non-hydrogen) atoms. The van der Waals surface area contributed by atoms with Crippen molar-refractivity contribution in [3.63, 3.8) is 0 Å². The number of hydrogen-bond donors (Lipinski definition) is 3. The third-order valence-corrected chi connectivity index (χ3v) is 1.30. The highest BCUT2D eigenvalue weighted by Gasteiger charge is 1.95. The summed E-state index contributed by atoms with van der Waals surface area (Å²) in [6.07, 6.45) is 1.28. The van der Waals surface area contributed by atoms with Crippen LogP contribution in [0.4, 0.5) is 0 Å². The highest BCUT2D eigenvalue weighted by Crippen LogP contribution is 1.74. The van der Waals surface area contributed by atoms with Gasteiger partial charge < -0.3 is 15.7 Å². The minimum absolute atomic E-state index is 0.0927. The average Bonchev–Trinajstić information content (AvgIpc) is 2.10. The van der Waals surface area contributed by atoms with Gasteiger partial charge in [0.05, 0.1) is 6.42 Å². The molecule has 0 radical (unpaired) electrons. The van der Waals surface area contributed by atoms with E-state index in [1.807, 2.05) is 0 Å². The number of aliphatic carboxylic acids is 1. The second-order valence-electron chi connectivity index (χ2n) is 2.39. The Bertz CT molecular complexity index is 192. The molecule has 74 valence electrons. The fourth-order valence-corrected chi connectivity index (χ4v) is 0.667. The average molecular weight is 186 g/mol. The summed E-state index contributed by atoms with van der Waals surface area (Å²) in [6, 6.07) is 0. The van der Waals surface area contributed by atoms with Gasteiger partial charge in [0, 0.05) is 19.6 Å². The summed E-state index contributed by atoms with van der Waals surface area (Å²) in [7, 11) is 0. The molecule has 0 aromatic rings. The molecule has 0 saturated carbocycles. The van der Waals surface area contributed by atoms with Crippen LogP contribution in [0.3, 0.4) is 0 Å². The van der Waals surface area contributed by atoms with Crippen molar-refractivity contribution < 1.29 is 14.7 Å². The van der Waals surface area contributed by atoms with E-state index in [0.717, 1.165) is 0 Å². The summed E-state index contributed by atoms with van der Waals surface area (Å²) in [5.41, 5.74) is 0. The minimum atomic E-state index is -0.831. The van der Waals surface area contributed by atoms with E-state index in [1.54, 1.807) is 0 Å². The van der Waals surface area contributed by atoms with E-state index in [0.29, 0.717) is 19.6 Å². The molecule has 0 rings (SSSR count). The number of carboxylic acids is 1. The molecule has 0 atom stereocenters. The molecule has 0 aromatic carbocycles. The molecular formula is C8H14N2O3. The van der Waals surface area contributed by atoms with Crippen LogP contribution in [0.5, 0.6) is 0 Å². The Hall–Kier alpha value is -1.36. The monoisotopic (exact) mass is 186 g/mol. The summed E-state index contributed by atoms with van der Waals surface area (Å²) < 4.78 is 0. The molecule has 0 heterocycles. The predicted molar refractivity (Wildman–Crippen MR) is 48.3 cm³/mol. The molecule has 0 fully saturated rings. The van der Waals surface area contributed by atoms with E-state index in [4.69, 9.17) is 5.11 Å². The second-order valence-corrected chi connectivity index (χ2v) is 2.39. The molecule has 0 aliphatic heterocycles. The van der Waals surface area contributed by atoms with Crippen molar-refractivity contribution in [2.45, 2.75) is 6.42 Å². The lowest BCUT2D eigenvalue weighted by Gasteiger charge is -2.02. The van der Waals surface area contributed by atoms with Crippen LogP contribution in [-0.2, 0) is 9.59 Å². The van der Waals surface area contributed by atoms with Gasteiger partial charge in [-0.15, -0.1) is 0 Å². The zero-order chi connectivity index (χ0) is 10.1. The molecule has 0 saturated heterocycles. The highest BCUT2D eigenvalue weighted by atomic mass is 16.4. The van der Waals surface area contributed by atoms with Gasteiger partial charge in [-0.25, -0.2) is 0 Å². The number of carbonyl (C=O) groups excluding carboxylic acids is 1. The Morgan fingerprint density at radius 1 is 1.31 bits per heavy atom. The van der Waals surface area contributed by atoms with E-state index in [2.05, 4.69) is 17.2 Å². The molecule has 0 aliphatic carbocycles. The lowest BCUT2D eigenvalue weighted by atomic mass is 10.4. The van der Waals surface area contributed by atoms with Gasteiger partial charge in [-0.3, -0.25) is 9.59 Å². The van der Waals surface area contributed by atoms with Crippen molar-refractivity contribution in [2.75, 3.05) is 19.6 Å². The number of hydrogen-bond acceptors (Lipinski definition) is 3. The molecule has 5 nitrogen and oxygen atoms in total. The number of amides is 1. The topological polar surface area (TPSA) is 78.4 Å². The minimum Gasteiger partial charge on any atom is -0.481 e. The zero-order valence-corrected chi connectivity index (χ0v) is 7.38. The Morgan fingerprint density at radius 3 is 2.54 bits per heavy atom. The first-order valence-electron chi connectivity index (χ1n) is 3.99. The fraction of sp³-hybridized carbons (Fsp3) is 0.500. The number of nitrogens with one attached hydrogen (secondary N) is 2. The fourth-order valence-electron chi connectivity index (χ4n) is 0.667. The largest absolute Gasteiger partial charge is 0.481 e. The van der Waals surface area contributed by atoms with Gasteiger partial charge in [-0.05, 0) is 6.08 Å². The zero-order valence-electron chi connectivity index (χ0n) is 7.38. The summed E-state index contributed by atoms with van der Waals surface area (Å²) >= 11 is 0. The Kier molecular flexibility index (Phi) is 6.53. The van der Waals surface area contributed by atoms with Gasteiger partial charge in [-0.1, -0.05) is 6.58 Å². The molecule has 3 N–H and O–H groups in total. The third kappa shape index (κ3) is 8.55. The van der Waals surface area contributed by atoms with E-state index in [1.165, 1.54) is 6.08 Å². The second kappa shape index (κ2) is 7.30. The molecule has 1 amide bonds. The molecule has 0 aliphatic rings. The van der Waals surface area contributed by atoms with Crippen molar-refractivity contribution in [1.29, 1.82) is 0 Å². The SMILES string of the molecule is C=CC(=O)NCCNCCC(=O)O. The molecule has 0 spiro atoms. The van der Waals surface area contributed by atoms with Crippen LogP contribution in [0.15, 0.2) is 12.7 Å². The van der Waals surface area contributed by atoms with E-state index >= 15 is 0 Å². The molecule has 5 heteroatoms. The third-order valence-electron chi connectivity index (χ3n) is 1.30. The first-order chi connectivity index (χ1) is 6.16. The van der Waals surface area contributed by atoms with Crippen LogP contribution in [0.25, 0.3) is 0 Å². The molecule has 0 bridgehead atoms. The van der Waals surface area contributed by atoms with Crippen LogP contribution < -0.4 is 10.6 Å². The molecule has 0 aromatic heterocycles. The van der Waals surface area contributed by atoms with Crippen molar-refractivity contribution in [1.82, 2.24) is 10.6 Å². The maximum atomic E-state index is 10.6. The standard InChI is InChI=1S/C8H14N2O3/c1-2-7(11)10-6-5-9-4-3-8(12)13/h2,9H,1,3-6H2,(H,10,11)(H,12,13). The van der Waals surface area contributed by atoms with Crippen LogP contribution in [-0.4, -0.2) is 36.6 Å². The van der Waals surface area contributed by atoms with Crippen LogP contribution in [0.2, 0.25) is 0 Å². The maximum absolute atomic E-state index is 10.6. The summed E-state index contributed by atoms with van der Waals surface area (Å²) in [6.45, 7) is 4.74. The van der Waals surface area contributed by atoms with Crippen molar-refractivity contribution in [3.8, 4) is 0 Å². The summed E-state index contributed by atoms with van der Waals surface area (Å²) in [5, 5.41) is 13.7. The Morgan fingerprint density at radius 2 is 2.00 bits per heavy atom. The van der Waals surface area contributed by atoms with E-state index in [9.17, 15) is 9.59 Å². The van der Waals surface area contributed by atoms with Crippen LogP contribution >= 0.6 is 0 Å². The van der Waals surface area contributed by atoms with E-state index < -0.39 is 5.97 Å². The first-order valence-corrected chi connectivity index (χ1v) is 3.99. The normalized spacial score (nSPS) is 9.23. The maximum Gasteiger partial charge on any atom is 0.304 e. The van der Waals surface area contributed by atoms with Gasteiger partial charge in [0.2, 0.25) is 5.91 Å². The van der Waals surface area contributed by atoms with Crippen LogP contribution in [0.1, 0.15) is 6.42 Å².